The van der Waals surface area contributed by atoms with Gasteiger partial charge >= 0.3 is 0 Å². The highest BCUT2D eigenvalue weighted by Crippen LogP contribution is 2.47. The average Bonchev–Trinajstić information content (AvgIpc) is 2.58. The average molecular weight is 314 g/mol. The molecule has 1 heterocycles. The minimum absolute atomic E-state index is 0.0724. The Morgan fingerprint density at radius 3 is 2.74 bits per heavy atom. The van der Waals surface area contributed by atoms with E-state index in [0.717, 1.165) is 31.2 Å². The number of carbonyl (C=O) groups is 2. The summed E-state index contributed by atoms with van der Waals surface area (Å²) in [5.41, 5.74) is 0.775. The molecule has 4 nitrogen and oxygen atoms in total. The maximum Gasteiger partial charge on any atom is 0.230 e. The van der Waals surface area contributed by atoms with E-state index in [4.69, 9.17) is 0 Å². The van der Waals surface area contributed by atoms with E-state index in [1.54, 1.807) is 0 Å². The lowest BCUT2D eigenvalue weighted by atomic mass is 9.64. The molecule has 0 radical (unpaired) electrons. The monoisotopic (exact) mass is 314 g/mol. The molecule has 0 spiro atoms. The fourth-order valence-electron chi connectivity index (χ4n) is 4.42. The highest BCUT2D eigenvalue weighted by molar-refractivity contribution is 5.87. The van der Waals surface area contributed by atoms with Crippen LogP contribution < -0.4 is 0 Å². The van der Waals surface area contributed by atoms with Crippen LogP contribution in [0.5, 0.6) is 0 Å². The summed E-state index contributed by atoms with van der Waals surface area (Å²) < 4.78 is 0. The molecule has 4 heteroatoms. The van der Waals surface area contributed by atoms with Crippen molar-refractivity contribution in [2.75, 3.05) is 14.1 Å². The quantitative estimate of drug-likeness (QED) is 0.861. The van der Waals surface area contributed by atoms with Crippen molar-refractivity contribution in [1.82, 2.24) is 9.80 Å². The molecule has 1 aliphatic heterocycles. The van der Waals surface area contributed by atoms with Gasteiger partial charge in [-0.15, -0.1) is 0 Å². The van der Waals surface area contributed by atoms with Gasteiger partial charge in [0, 0.05) is 33.1 Å². The minimum Gasteiger partial charge on any atom is -0.342 e. The summed E-state index contributed by atoms with van der Waals surface area (Å²) in [5, 5.41) is 0. The van der Waals surface area contributed by atoms with Gasteiger partial charge in [-0.25, -0.2) is 0 Å². The fraction of sp³-hybridized carbons (Fsp3) is 0.579. The van der Waals surface area contributed by atoms with Crippen LogP contribution in [0.1, 0.15) is 44.1 Å². The molecule has 2 fully saturated rings. The fourth-order valence-corrected chi connectivity index (χ4v) is 4.42. The van der Waals surface area contributed by atoms with Gasteiger partial charge in [0.2, 0.25) is 11.8 Å². The summed E-state index contributed by atoms with van der Waals surface area (Å²) in [6.45, 7) is 0.631. The van der Waals surface area contributed by atoms with E-state index in [1.807, 2.05) is 42.1 Å². The van der Waals surface area contributed by atoms with Crippen LogP contribution in [0.15, 0.2) is 30.3 Å². The summed E-state index contributed by atoms with van der Waals surface area (Å²) >= 11 is 0. The maximum atomic E-state index is 13.3. The highest BCUT2D eigenvalue weighted by Gasteiger charge is 2.53. The number of amides is 2. The second kappa shape index (κ2) is 6.34. The Bertz CT molecular complexity index is 586. The summed E-state index contributed by atoms with van der Waals surface area (Å²) in [6, 6.07) is 10.2. The molecule has 0 N–H and O–H groups in total. The van der Waals surface area contributed by atoms with E-state index in [9.17, 15) is 9.59 Å². The lowest BCUT2D eigenvalue weighted by Crippen LogP contribution is -2.60. The van der Waals surface area contributed by atoms with Crippen molar-refractivity contribution < 1.29 is 9.59 Å². The van der Waals surface area contributed by atoms with Gasteiger partial charge in [0.05, 0.1) is 5.41 Å². The van der Waals surface area contributed by atoms with Crippen molar-refractivity contribution in [3.8, 4) is 0 Å². The number of hydrogen-bond donors (Lipinski definition) is 0. The molecule has 1 aromatic rings. The molecule has 2 aliphatic rings. The molecule has 124 valence electrons. The van der Waals surface area contributed by atoms with Crippen molar-refractivity contribution >= 4 is 11.8 Å². The molecular weight excluding hydrogens is 288 g/mol. The number of rotatable bonds is 3. The Hall–Kier alpha value is -1.84. The Labute approximate surface area is 138 Å². The van der Waals surface area contributed by atoms with E-state index < -0.39 is 0 Å². The molecular formula is C19H26N2O2. The van der Waals surface area contributed by atoms with Crippen molar-refractivity contribution in [2.24, 2.45) is 5.41 Å². The van der Waals surface area contributed by atoms with Crippen LogP contribution in [0.4, 0.5) is 0 Å². The Kier molecular flexibility index (Phi) is 4.42. The predicted molar refractivity (Wildman–Crippen MR) is 89.6 cm³/mol. The molecule has 0 unspecified atom stereocenters. The Balaban J connectivity index is 1.82. The van der Waals surface area contributed by atoms with Crippen LogP contribution >= 0.6 is 0 Å². The van der Waals surface area contributed by atoms with E-state index >= 15 is 0 Å². The number of fused-ring (bicyclic) bond motifs is 1. The van der Waals surface area contributed by atoms with Gasteiger partial charge < -0.3 is 9.80 Å². The summed E-state index contributed by atoms with van der Waals surface area (Å²) in [5.74, 6) is 0.399. The number of carbonyl (C=O) groups excluding carboxylic acids is 2. The number of hydrogen-bond acceptors (Lipinski definition) is 2. The van der Waals surface area contributed by atoms with Crippen molar-refractivity contribution in [3.05, 3.63) is 35.9 Å². The summed E-state index contributed by atoms with van der Waals surface area (Å²) in [6.07, 6.45) is 5.26. The van der Waals surface area contributed by atoms with E-state index in [2.05, 4.69) is 12.1 Å². The van der Waals surface area contributed by atoms with E-state index in [0.29, 0.717) is 19.4 Å². The first-order valence-corrected chi connectivity index (χ1v) is 8.60. The standard InChI is InChI=1S/C19H26N2O2/c1-20(14-15-8-4-3-5-9-15)18(23)19-12-7-6-10-16(19)21(2)17(22)11-13-19/h3-5,8-9,16H,6-7,10-14H2,1-2H3/t16-,19-/m1/s1. The molecule has 2 atom stereocenters. The summed E-state index contributed by atoms with van der Waals surface area (Å²) in [4.78, 5) is 29.1. The van der Waals surface area contributed by atoms with Gasteiger partial charge in [-0.2, -0.15) is 0 Å². The lowest BCUT2D eigenvalue weighted by Gasteiger charge is -2.51. The zero-order valence-corrected chi connectivity index (χ0v) is 14.1. The van der Waals surface area contributed by atoms with Gasteiger partial charge in [-0.3, -0.25) is 9.59 Å². The van der Waals surface area contributed by atoms with Crippen LogP contribution in [0.2, 0.25) is 0 Å². The molecule has 1 saturated carbocycles. The van der Waals surface area contributed by atoms with Crippen LogP contribution in [-0.2, 0) is 16.1 Å². The second-order valence-corrected chi connectivity index (χ2v) is 7.07. The van der Waals surface area contributed by atoms with E-state index in [1.165, 1.54) is 0 Å². The van der Waals surface area contributed by atoms with Crippen LogP contribution in [0.3, 0.4) is 0 Å². The normalized spacial score (nSPS) is 27.5. The summed E-state index contributed by atoms with van der Waals surface area (Å²) in [7, 11) is 3.77. The largest absolute Gasteiger partial charge is 0.342 e. The first kappa shape index (κ1) is 16.0. The first-order valence-electron chi connectivity index (χ1n) is 8.60. The van der Waals surface area contributed by atoms with Crippen molar-refractivity contribution in [1.29, 1.82) is 0 Å². The van der Waals surface area contributed by atoms with Gasteiger partial charge in [0.15, 0.2) is 0 Å². The molecule has 0 aromatic heterocycles. The third-order valence-corrected chi connectivity index (χ3v) is 5.67. The topological polar surface area (TPSA) is 40.6 Å². The minimum atomic E-state index is -0.371. The molecule has 23 heavy (non-hydrogen) atoms. The lowest BCUT2D eigenvalue weighted by molar-refractivity contribution is -0.159. The molecule has 1 aliphatic carbocycles. The van der Waals surface area contributed by atoms with Crippen LogP contribution in [-0.4, -0.2) is 41.8 Å². The smallest absolute Gasteiger partial charge is 0.230 e. The number of nitrogens with zero attached hydrogens (tertiary/aromatic N) is 2. The third-order valence-electron chi connectivity index (χ3n) is 5.67. The first-order chi connectivity index (χ1) is 11.0. The van der Waals surface area contributed by atoms with Gasteiger partial charge in [0.1, 0.15) is 0 Å². The molecule has 3 rings (SSSR count). The van der Waals surface area contributed by atoms with E-state index in [-0.39, 0.29) is 23.3 Å². The zero-order chi connectivity index (χ0) is 16.4. The Morgan fingerprint density at radius 2 is 2.00 bits per heavy atom. The SMILES string of the molecule is CN(Cc1ccccc1)C(=O)[C@@]12CCCC[C@H]1N(C)C(=O)CC2. The molecule has 1 aromatic carbocycles. The van der Waals surface area contributed by atoms with Crippen LogP contribution in [0, 0.1) is 5.41 Å². The molecule has 1 saturated heterocycles. The predicted octanol–water partition coefficient (Wildman–Crippen LogP) is 2.83. The van der Waals surface area contributed by atoms with Crippen molar-refractivity contribution in [3.63, 3.8) is 0 Å². The number of benzene rings is 1. The molecule has 0 bridgehead atoms. The number of likely N-dealkylation sites (tertiary alicyclic amines) is 1. The third kappa shape index (κ3) is 2.87. The maximum absolute atomic E-state index is 13.3. The number of piperidine rings is 1. The Morgan fingerprint density at radius 1 is 1.26 bits per heavy atom. The van der Waals surface area contributed by atoms with Gasteiger partial charge in [-0.1, -0.05) is 43.2 Å². The van der Waals surface area contributed by atoms with Crippen molar-refractivity contribution in [2.45, 2.75) is 51.1 Å². The molecule has 2 amide bonds. The zero-order valence-electron chi connectivity index (χ0n) is 14.1. The van der Waals surface area contributed by atoms with Crippen LogP contribution in [0.25, 0.3) is 0 Å². The second-order valence-electron chi connectivity index (χ2n) is 7.07. The van der Waals surface area contributed by atoms with Gasteiger partial charge in [-0.05, 0) is 24.8 Å². The highest BCUT2D eigenvalue weighted by atomic mass is 16.2. The van der Waals surface area contributed by atoms with Gasteiger partial charge in [0.25, 0.3) is 0 Å².